The van der Waals surface area contributed by atoms with Gasteiger partial charge in [-0.15, -0.1) is 0 Å². The molecular formula is C13H25BO4Si. The highest BCUT2D eigenvalue weighted by Crippen LogP contribution is 2.47. The van der Waals surface area contributed by atoms with Gasteiger partial charge in [-0.05, 0) is 25.1 Å². The first-order chi connectivity index (χ1) is 8.51. The van der Waals surface area contributed by atoms with Gasteiger partial charge in [-0.25, -0.2) is 0 Å². The maximum absolute atomic E-state index is 10.1. The third kappa shape index (κ3) is 2.31. The molecule has 0 aromatic rings. The largest absolute Gasteiger partial charge is 0.408 e. The monoisotopic (exact) mass is 284 g/mol. The summed E-state index contributed by atoms with van der Waals surface area (Å²) >= 11 is 0. The van der Waals surface area contributed by atoms with Crippen molar-refractivity contribution in [3.05, 3.63) is 0 Å². The van der Waals surface area contributed by atoms with Gasteiger partial charge in [0.1, 0.15) is 25.7 Å². The molecule has 0 aromatic carbocycles. The molecule has 2 bridgehead atoms. The Morgan fingerprint density at radius 1 is 1.42 bits per heavy atom. The SMILES string of the molecule is [B][C@@H]1O[C@@]2([C@H](C)O)CO[C@@H]1[C@@H]2O[Si](C)(C)C(C)(C)C. The molecule has 0 aliphatic carbocycles. The summed E-state index contributed by atoms with van der Waals surface area (Å²) in [5.41, 5.74) is -0.806. The summed E-state index contributed by atoms with van der Waals surface area (Å²) in [6.07, 6.45) is -1.21. The maximum Gasteiger partial charge on any atom is 0.192 e. The van der Waals surface area contributed by atoms with Crippen LogP contribution >= 0.6 is 0 Å². The molecule has 19 heavy (non-hydrogen) atoms. The Morgan fingerprint density at radius 2 is 2.00 bits per heavy atom. The van der Waals surface area contributed by atoms with E-state index in [1.165, 1.54) is 0 Å². The van der Waals surface area contributed by atoms with Crippen LogP contribution in [0.5, 0.6) is 0 Å². The van der Waals surface area contributed by atoms with Gasteiger partial charge in [0.25, 0.3) is 0 Å². The molecule has 2 radical (unpaired) electrons. The quantitative estimate of drug-likeness (QED) is 0.796. The van der Waals surface area contributed by atoms with Crippen molar-refractivity contribution < 1.29 is 19.0 Å². The van der Waals surface area contributed by atoms with E-state index in [2.05, 4.69) is 33.9 Å². The van der Waals surface area contributed by atoms with Crippen LogP contribution in [0.15, 0.2) is 0 Å². The van der Waals surface area contributed by atoms with Crippen molar-refractivity contribution >= 4 is 16.2 Å². The first-order valence-corrected chi connectivity index (χ1v) is 9.83. The lowest BCUT2D eigenvalue weighted by molar-refractivity contribution is -0.162. The minimum Gasteiger partial charge on any atom is -0.408 e. The molecule has 0 spiro atoms. The van der Waals surface area contributed by atoms with E-state index in [-0.39, 0.29) is 17.2 Å². The molecule has 2 aliphatic heterocycles. The zero-order valence-electron chi connectivity index (χ0n) is 12.8. The summed E-state index contributed by atoms with van der Waals surface area (Å²) in [7, 11) is 3.98. The van der Waals surface area contributed by atoms with E-state index in [9.17, 15) is 5.11 Å². The third-order valence-corrected chi connectivity index (χ3v) is 9.35. The second-order valence-electron chi connectivity index (χ2n) is 7.29. The fourth-order valence-electron chi connectivity index (χ4n) is 2.48. The zero-order chi connectivity index (χ0) is 14.6. The van der Waals surface area contributed by atoms with Crippen LogP contribution in [0.1, 0.15) is 27.7 Å². The number of hydrogen-bond acceptors (Lipinski definition) is 4. The van der Waals surface area contributed by atoms with Gasteiger partial charge in [-0.3, -0.25) is 0 Å². The molecule has 2 aliphatic rings. The summed E-state index contributed by atoms with van der Waals surface area (Å²) in [4.78, 5) is 0. The first-order valence-electron chi connectivity index (χ1n) is 6.92. The fraction of sp³-hybridized carbons (Fsp3) is 1.00. The molecule has 2 heterocycles. The summed E-state index contributed by atoms with van der Waals surface area (Å²) < 4.78 is 17.9. The van der Waals surface area contributed by atoms with Gasteiger partial charge in [0.05, 0.1) is 12.7 Å². The smallest absolute Gasteiger partial charge is 0.192 e. The average Bonchev–Trinajstić information content (AvgIpc) is 2.68. The van der Waals surface area contributed by atoms with Crippen molar-refractivity contribution in [1.82, 2.24) is 0 Å². The summed E-state index contributed by atoms with van der Waals surface area (Å²) in [5.74, 6) is 0. The van der Waals surface area contributed by atoms with Gasteiger partial charge < -0.3 is 19.0 Å². The molecule has 0 unspecified atom stereocenters. The van der Waals surface area contributed by atoms with Crippen molar-refractivity contribution in [3.8, 4) is 0 Å². The van der Waals surface area contributed by atoms with Gasteiger partial charge in [0, 0.05) is 6.00 Å². The van der Waals surface area contributed by atoms with Gasteiger partial charge in [0.2, 0.25) is 0 Å². The second kappa shape index (κ2) is 4.56. The Kier molecular flexibility index (Phi) is 3.72. The van der Waals surface area contributed by atoms with Crippen molar-refractivity contribution in [2.45, 2.75) is 75.7 Å². The van der Waals surface area contributed by atoms with E-state index in [0.717, 1.165) is 0 Å². The lowest BCUT2D eigenvalue weighted by Gasteiger charge is -2.41. The Labute approximate surface area is 118 Å². The minimum atomic E-state index is -1.96. The van der Waals surface area contributed by atoms with Crippen LogP contribution in [-0.4, -0.2) is 57.8 Å². The minimum absolute atomic E-state index is 0.0962. The molecule has 1 N–H and O–H groups in total. The third-order valence-electron chi connectivity index (χ3n) is 4.90. The van der Waals surface area contributed by atoms with Crippen LogP contribution in [0.2, 0.25) is 18.1 Å². The van der Waals surface area contributed by atoms with Crippen molar-refractivity contribution in [2.75, 3.05) is 6.61 Å². The molecule has 0 amide bonds. The summed E-state index contributed by atoms with van der Waals surface area (Å²) in [5, 5.41) is 10.2. The Morgan fingerprint density at radius 3 is 2.42 bits per heavy atom. The summed E-state index contributed by atoms with van der Waals surface area (Å²) in [6, 6.07) is -0.516. The fourth-order valence-corrected chi connectivity index (χ4v) is 3.80. The van der Waals surface area contributed by atoms with Crippen molar-refractivity contribution in [2.24, 2.45) is 0 Å². The molecule has 0 saturated carbocycles. The molecular weight excluding hydrogens is 259 g/mol. The number of aliphatic hydroxyl groups is 1. The van der Waals surface area contributed by atoms with Crippen LogP contribution in [0.3, 0.4) is 0 Å². The average molecular weight is 284 g/mol. The number of hydrogen-bond donors (Lipinski definition) is 1. The van der Waals surface area contributed by atoms with Gasteiger partial charge in [-0.1, -0.05) is 20.8 Å². The summed E-state index contributed by atoms with van der Waals surface area (Å²) in [6.45, 7) is 13.0. The zero-order valence-corrected chi connectivity index (χ0v) is 13.8. The van der Waals surface area contributed by atoms with E-state index in [0.29, 0.717) is 6.61 Å². The van der Waals surface area contributed by atoms with E-state index < -0.39 is 26.0 Å². The van der Waals surface area contributed by atoms with E-state index in [4.69, 9.17) is 21.7 Å². The van der Waals surface area contributed by atoms with Crippen molar-refractivity contribution in [1.29, 1.82) is 0 Å². The van der Waals surface area contributed by atoms with Crippen LogP contribution in [-0.2, 0) is 13.9 Å². The van der Waals surface area contributed by atoms with Crippen LogP contribution in [0, 0.1) is 0 Å². The van der Waals surface area contributed by atoms with Gasteiger partial charge in [0.15, 0.2) is 8.32 Å². The highest BCUT2D eigenvalue weighted by molar-refractivity contribution is 6.74. The molecule has 0 aromatic heterocycles. The maximum atomic E-state index is 10.1. The normalized spacial score (nSPS) is 40.7. The van der Waals surface area contributed by atoms with E-state index in [1.54, 1.807) is 6.92 Å². The van der Waals surface area contributed by atoms with E-state index >= 15 is 0 Å². The Bertz CT molecular complexity index is 355. The molecule has 6 heteroatoms. The first kappa shape index (κ1) is 15.5. The predicted octanol–water partition coefficient (Wildman–Crippen LogP) is 1.42. The van der Waals surface area contributed by atoms with Crippen LogP contribution < -0.4 is 0 Å². The molecule has 2 rings (SSSR count). The Hall–Kier alpha value is 0.122. The standard InChI is InChI=1S/C13H25BO4Si/c1-8(15)13-7-16-9(11(14)17-13)10(13)18-19(5,6)12(2,3)4/h8-11,15H,7H2,1-6H3/t8-,9+,10-,11+,13+/m0/s1. The predicted molar refractivity (Wildman–Crippen MR) is 76.8 cm³/mol. The lowest BCUT2D eigenvalue weighted by Crippen LogP contribution is -2.55. The second-order valence-corrected chi connectivity index (χ2v) is 12.0. The van der Waals surface area contributed by atoms with Gasteiger partial charge >= 0.3 is 0 Å². The Balaban J connectivity index is 2.25. The van der Waals surface area contributed by atoms with E-state index in [1.807, 2.05) is 0 Å². The highest BCUT2D eigenvalue weighted by atomic mass is 28.4. The number of rotatable bonds is 3. The van der Waals surface area contributed by atoms with Crippen LogP contribution in [0.25, 0.3) is 0 Å². The number of fused-ring (bicyclic) bond motifs is 2. The molecule has 2 saturated heterocycles. The lowest BCUT2D eigenvalue weighted by atomic mass is 9.90. The molecule has 108 valence electrons. The molecule has 2 fully saturated rings. The topological polar surface area (TPSA) is 47.9 Å². The molecule has 4 nitrogen and oxygen atoms in total. The highest BCUT2D eigenvalue weighted by Gasteiger charge is 2.64. The van der Waals surface area contributed by atoms with Crippen LogP contribution in [0.4, 0.5) is 0 Å². The van der Waals surface area contributed by atoms with Gasteiger partial charge in [-0.2, -0.15) is 0 Å². The van der Waals surface area contributed by atoms with Crippen molar-refractivity contribution in [3.63, 3.8) is 0 Å². The number of aliphatic hydroxyl groups excluding tert-OH is 1. The molecule has 5 atom stereocenters. The number of ether oxygens (including phenoxy) is 2.